The van der Waals surface area contributed by atoms with Gasteiger partial charge in [-0.2, -0.15) is 0 Å². The first-order valence-corrected chi connectivity index (χ1v) is 6.18. The zero-order chi connectivity index (χ0) is 13.5. The Balaban J connectivity index is 2.58. The predicted molar refractivity (Wildman–Crippen MR) is 70.4 cm³/mol. The Labute approximate surface area is 108 Å². The number of hydrogen-bond acceptors (Lipinski definition) is 3. The van der Waals surface area contributed by atoms with Crippen LogP contribution in [0.25, 0.3) is 0 Å². The number of alkyl carbamates (subject to hydrolysis) is 1. The minimum absolute atomic E-state index is 0.170. The third-order valence-electron chi connectivity index (χ3n) is 2.53. The van der Waals surface area contributed by atoms with Crippen LogP contribution in [0.4, 0.5) is 4.79 Å². The number of nitrogens with one attached hydrogen (secondary N) is 1. The van der Waals surface area contributed by atoms with Gasteiger partial charge < -0.3 is 15.2 Å². The molecule has 1 amide bonds. The summed E-state index contributed by atoms with van der Waals surface area (Å²) in [6, 6.07) is 9.37. The van der Waals surface area contributed by atoms with E-state index in [1.165, 1.54) is 0 Å². The molecule has 0 saturated heterocycles. The van der Waals surface area contributed by atoms with Gasteiger partial charge in [-0.05, 0) is 32.8 Å². The minimum atomic E-state index is -0.634. The number of rotatable bonds is 5. The van der Waals surface area contributed by atoms with Crippen LogP contribution < -0.4 is 5.32 Å². The van der Waals surface area contributed by atoms with E-state index in [-0.39, 0.29) is 12.1 Å². The van der Waals surface area contributed by atoms with Crippen molar-refractivity contribution in [2.45, 2.75) is 45.4 Å². The predicted octanol–water partition coefficient (Wildman–Crippen LogP) is 2.11. The fourth-order valence-electron chi connectivity index (χ4n) is 1.61. The van der Waals surface area contributed by atoms with Crippen molar-refractivity contribution in [3.05, 3.63) is 35.9 Å². The summed E-state index contributed by atoms with van der Waals surface area (Å²) in [6.07, 6.45) is -0.723. The molecule has 0 saturated carbocycles. The fourth-order valence-corrected chi connectivity index (χ4v) is 1.61. The maximum absolute atomic E-state index is 11.5. The number of aliphatic hydroxyl groups is 1. The van der Waals surface area contributed by atoms with Crippen LogP contribution in [-0.2, 0) is 11.2 Å². The van der Waals surface area contributed by atoms with Gasteiger partial charge in [0.1, 0.15) is 0 Å². The Morgan fingerprint density at radius 3 is 2.39 bits per heavy atom. The zero-order valence-corrected chi connectivity index (χ0v) is 11.1. The van der Waals surface area contributed by atoms with Crippen LogP contribution in [0.3, 0.4) is 0 Å². The number of amides is 1. The van der Waals surface area contributed by atoms with Crippen LogP contribution in [0.2, 0.25) is 0 Å². The van der Waals surface area contributed by atoms with Gasteiger partial charge in [0.25, 0.3) is 0 Å². The van der Waals surface area contributed by atoms with Gasteiger partial charge in [0.05, 0.1) is 18.2 Å². The quantitative estimate of drug-likeness (QED) is 0.842. The average molecular weight is 251 g/mol. The molecule has 0 bridgehead atoms. The summed E-state index contributed by atoms with van der Waals surface area (Å²) in [5.74, 6) is 0. The molecule has 18 heavy (non-hydrogen) atoms. The van der Waals surface area contributed by atoms with E-state index in [1.807, 2.05) is 30.3 Å². The molecule has 0 heterocycles. The normalized spacial score (nSPS) is 14.1. The van der Waals surface area contributed by atoms with Crippen molar-refractivity contribution in [3.8, 4) is 0 Å². The lowest BCUT2D eigenvalue weighted by Crippen LogP contribution is -2.44. The van der Waals surface area contributed by atoms with Gasteiger partial charge in [-0.1, -0.05) is 30.3 Å². The largest absolute Gasteiger partial charge is 0.447 e. The Morgan fingerprint density at radius 2 is 1.89 bits per heavy atom. The molecule has 1 aromatic carbocycles. The summed E-state index contributed by atoms with van der Waals surface area (Å²) in [4.78, 5) is 11.5. The molecule has 4 nitrogen and oxygen atoms in total. The number of benzene rings is 1. The van der Waals surface area contributed by atoms with Crippen LogP contribution >= 0.6 is 0 Å². The summed E-state index contributed by atoms with van der Waals surface area (Å²) in [6.45, 7) is 5.23. The lowest BCUT2D eigenvalue weighted by molar-refractivity contribution is 0.0941. The maximum Gasteiger partial charge on any atom is 0.407 e. The molecule has 1 aromatic rings. The topological polar surface area (TPSA) is 58.6 Å². The highest BCUT2D eigenvalue weighted by Gasteiger charge is 2.19. The molecule has 0 aliphatic carbocycles. The minimum Gasteiger partial charge on any atom is -0.447 e. The van der Waals surface area contributed by atoms with E-state index >= 15 is 0 Å². The Hall–Kier alpha value is -1.55. The summed E-state index contributed by atoms with van der Waals surface area (Å²) in [7, 11) is 0. The van der Waals surface area contributed by atoms with E-state index in [1.54, 1.807) is 20.8 Å². The van der Waals surface area contributed by atoms with Crippen LogP contribution in [0.5, 0.6) is 0 Å². The number of carbonyl (C=O) groups is 1. The summed E-state index contributed by atoms with van der Waals surface area (Å²) < 4.78 is 5.01. The van der Waals surface area contributed by atoms with E-state index in [0.717, 1.165) is 5.56 Å². The van der Waals surface area contributed by atoms with E-state index in [4.69, 9.17) is 4.74 Å². The van der Waals surface area contributed by atoms with Gasteiger partial charge in [-0.3, -0.25) is 0 Å². The first kappa shape index (κ1) is 14.5. The molecule has 2 unspecified atom stereocenters. The second-order valence-corrected chi connectivity index (χ2v) is 4.64. The van der Waals surface area contributed by atoms with Gasteiger partial charge >= 0.3 is 6.09 Å². The SMILES string of the molecule is CC(C)OC(=O)NC(Cc1ccccc1)C(C)O. The molecule has 0 spiro atoms. The Morgan fingerprint density at radius 1 is 1.28 bits per heavy atom. The third kappa shape index (κ3) is 5.19. The van der Waals surface area contributed by atoms with Crippen molar-refractivity contribution in [1.29, 1.82) is 0 Å². The standard InChI is InChI=1S/C14H21NO3/c1-10(2)18-14(17)15-13(11(3)16)9-12-7-5-4-6-8-12/h4-8,10-11,13,16H,9H2,1-3H3,(H,15,17). The van der Waals surface area contributed by atoms with E-state index in [9.17, 15) is 9.90 Å². The third-order valence-corrected chi connectivity index (χ3v) is 2.53. The summed E-state index contributed by atoms with van der Waals surface area (Å²) >= 11 is 0. The van der Waals surface area contributed by atoms with Gasteiger partial charge in [0.15, 0.2) is 0 Å². The molecule has 100 valence electrons. The molecule has 0 radical (unpaired) electrons. The van der Waals surface area contributed by atoms with Crippen molar-refractivity contribution >= 4 is 6.09 Å². The Kier molecular flexibility index (Phi) is 5.65. The smallest absolute Gasteiger partial charge is 0.407 e. The van der Waals surface area contributed by atoms with Crippen LogP contribution in [0.1, 0.15) is 26.3 Å². The lowest BCUT2D eigenvalue weighted by Gasteiger charge is -2.22. The van der Waals surface area contributed by atoms with E-state index in [0.29, 0.717) is 6.42 Å². The van der Waals surface area contributed by atoms with Crippen molar-refractivity contribution in [1.82, 2.24) is 5.32 Å². The van der Waals surface area contributed by atoms with Crippen molar-refractivity contribution in [2.75, 3.05) is 0 Å². The van der Waals surface area contributed by atoms with Crippen LogP contribution in [-0.4, -0.2) is 29.4 Å². The molecule has 1 rings (SSSR count). The highest BCUT2D eigenvalue weighted by atomic mass is 16.6. The van der Waals surface area contributed by atoms with Crippen LogP contribution in [0, 0.1) is 0 Å². The molecule has 0 aliphatic rings. The second-order valence-electron chi connectivity index (χ2n) is 4.64. The number of aliphatic hydroxyl groups excluding tert-OH is 1. The molecular formula is C14H21NO3. The van der Waals surface area contributed by atoms with E-state index in [2.05, 4.69) is 5.32 Å². The average Bonchev–Trinajstić information content (AvgIpc) is 2.28. The molecule has 0 aromatic heterocycles. The van der Waals surface area contributed by atoms with Crippen molar-refractivity contribution in [2.24, 2.45) is 0 Å². The number of hydrogen-bond donors (Lipinski definition) is 2. The molecule has 2 atom stereocenters. The van der Waals surface area contributed by atoms with Gasteiger partial charge in [0, 0.05) is 0 Å². The number of ether oxygens (including phenoxy) is 1. The molecule has 2 N–H and O–H groups in total. The van der Waals surface area contributed by atoms with Crippen LogP contribution in [0.15, 0.2) is 30.3 Å². The second kappa shape index (κ2) is 7.01. The Bertz CT molecular complexity index is 363. The van der Waals surface area contributed by atoms with Crippen molar-refractivity contribution in [3.63, 3.8) is 0 Å². The fraction of sp³-hybridized carbons (Fsp3) is 0.500. The molecule has 0 fully saturated rings. The molecular weight excluding hydrogens is 230 g/mol. The molecule has 4 heteroatoms. The summed E-state index contributed by atoms with van der Waals surface area (Å²) in [5.41, 5.74) is 1.06. The van der Waals surface area contributed by atoms with Gasteiger partial charge in [-0.15, -0.1) is 0 Å². The lowest BCUT2D eigenvalue weighted by atomic mass is 10.0. The van der Waals surface area contributed by atoms with Gasteiger partial charge in [-0.25, -0.2) is 4.79 Å². The number of carbonyl (C=O) groups excluding carboxylic acids is 1. The highest BCUT2D eigenvalue weighted by molar-refractivity contribution is 5.67. The summed E-state index contributed by atoms with van der Waals surface area (Å²) in [5, 5.41) is 12.4. The van der Waals surface area contributed by atoms with Crippen molar-refractivity contribution < 1.29 is 14.6 Å². The zero-order valence-electron chi connectivity index (χ0n) is 11.1. The van der Waals surface area contributed by atoms with E-state index < -0.39 is 12.2 Å². The first-order valence-electron chi connectivity index (χ1n) is 6.18. The maximum atomic E-state index is 11.5. The highest BCUT2D eigenvalue weighted by Crippen LogP contribution is 2.06. The molecule has 0 aliphatic heterocycles. The van der Waals surface area contributed by atoms with Gasteiger partial charge in [0.2, 0.25) is 0 Å². The monoisotopic (exact) mass is 251 g/mol. The first-order chi connectivity index (χ1) is 8.49.